The van der Waals surface area contributed by atoms with Gasteiger partial charge in [-0.05, 0) is 66.6 Å². The van der Waals surface area contributed by atoms with Gasteiger partial charge in [0.05, 0.1) is 10.9 Å². The van der Waals surface area contributed by atoms with Gasteiger partial charge in [-0.2, -0.15) is 4.68 Å². The van der Waals surface area contributed by atoms with Gasteiger partial charge in [-0.3, -0.25) is 0 Å². The molecule has 9 heteroatoms. The standard InChI is InChI=1S/C19H19N7S2/c1-12-9-10-15(11-13(12)2)20-18-22-23-19(28-18)27-14(3)17-21-24-25-26(17)16-7-5-4-6-8-16/h4-11,14H,1-3H3,(H,20,22). The summed E-state index contributed by atoms with van der Waals surface area (Å²) in [7, 11) is 0. The zero-order valence-corrected chi connectivity index (χ0v) is 17.3. The maximum Gasteiger partial charge on any atom is 0.210 e. The first kappa shape index (κ1) is 18.6. The van der Waals surface area contributed by atoms with E-state index in [1.165, 1.54) is 22.5 Å². The SMILES string of the molecule is Cc1ccc(Nc2nnc(SC(C)c3nnnn3-c3ccccc3)s2)cc1C. The zero-order valence-electron chi connectivity index (χ0n) is 15.7. The Morgan fingerprint density at radius 1 is 1.00 bits per heavy atom. The van der Waals surface area contributed by atoms with Crippen molar-refractivity contribution < 1.29 is 0 Å². The van der Waals surface area contributed by atoms with Crippen LogP contribution in [0.1, 0.15) is 29.1 Å². The molecule has 0 saturated carbocycles. The molecule has 142 valence electrons. The highest BCUT2D eigenvalue weighted by Gasteiger charge is 2.19. The van der Waals surface area contributed by atoms with Crippen molar-refractivity contribution in [2.75, 3.05) is 5.32 Å². The van der Waals surface area contributed by atoms with Gasteiger partial charge in [0, 0.05) is 5.69 Å². The fraction of sp³-hybridized carbons (Fsp3) is 0.211. The fourth-order valence-corrected chi connectivity index (χ4v) is 4.66. The van der Waals surface area contributed by atoms with Gasteiger partial charge in [-0.15, -0.1) is 15.3 Å². The summed E-state index contributed by atoms with van der Waals surface area (Å²) in [5.41, 5.74) is 4.45. The molecule has 2 aromatic heterocycles. The summed E-state index contributed by atoms with van der Waals surface area (Å²) in [6.07, 6.45) is 0. The number of hydrogen-bond acceptors (Lipinski definition) is 8. The molecule has 0 bridgehead atoms. The Balaban J connectivity index is 1.47. The Morgan fingerprint density at radius 3 is 2.61 bits per heavy atom. The second-order valence-corrected chi connectivity index (χ2v) is 8.91. The number of rotatable bonds is 6. The number of tetrazole rings is 1. The van der Waals surface area contributed by atoms with Gasteiger partial charge in [-0.25, -0.2) is 0 Å². The van der Waals surface area contributed by atoms with Crippen molar-refractivity contribution in [1.29, 1.82) is 0 Å². The monoisotopic (exact) mass is 409 g/mol. The summed E-state index contributed by atoms with van der Waals surface area (Å²) in [4.78, 5) is 0. The minimum Gasteiger partial charge on any atom is -0.330 e. The highest BCUT2D eigenvalue weighted by atomic mass is 32.2. The quantitative estimate of drug-likeness (QED) is 0.461. The van der Waals surface area contributed by atoms with E-state index in [1.54, 1.807) is 16.4 Å². The van der Waals surface area contributed by atoms with Crippen LogP contribution in [0.4, 0.5) is 10.8 Å². The Bertz CT molecular complexity index is 1070. The number of aromatic nitrogens is 6. The first-order valence-corrected chi connectivity index (χ1v) is 10.5. The van der Waals surface area contributed by atoms with Crippen LogP contribution in [0.2, 0.25) is 0 Å². The molecule has 0 saturated heterocycles. The highest BCUT2D eigenvalue weighted by Crippen LogP contribution is 2.37. The van der Waals surface area contributed by atoms with E-state index < -0.39 is 0 Å². The van der Waals surface area contributed by atoms with E-state index in [-0.39, 0.29) is 5.25 Å². The van der Waals surface area contributed by atoms with Crippen LogP contribution in [-0.4, -0.2) is 30.4 Å². The first-order chi connectivity index (χ1) is 13.6. The summed E-state index contributed by atoms with van der Waals surface area (Å²) in [5.74, 6) is 0.773. The third kappa shape index (κ3) is 4.05. The molecule has 0 aliphatic rings. The number of anilines is 2. The van der Waals surface area contributed by atoms with Crippen LogP contribution < -0.4 is 5.32 Å². The van der Waals surface area contributed by atoms with E-state index in [4.69, 9.17) is 0 Å². The van der Waals surface area contributed by atoms with Crippen molar-refractivity contribution in [3.63, 3.8) is 0 Å². The van der Waals surface area contributed by atoms with Crippen molar-refractivity contribution in [3.8, 4) is 5.69 Å². The number of hydrogen-bond donors (Lipinski definition) is 1. The predicted octanol–water partition coefficient (Wildman–Crippen LogP) is 4.73. The van der Waals surface area contributed by atoms with Crippen LogP contribution in [0.3, 0.4) is 0 Å². The van der Waals surface area contributed by atoms with Gasteiger partial charge in [0.15, 0.2) is 10.2 Å². The Hall–Kier alpha value is -2.78. The molecular weight excluding hydrogens is 390 g/mol. The maximum atomic E-state index is 4.30. The smallest absolute Gasteiger partial charge is 0.210 e. The van der Waals surface area contributed by atoms with Gasteiger partial charge < -0.3 is 5.32 Å². The number of thioether (sulfide) groups is 1. The number of aryl methyl sites for hydroxylation is 2. The lowest BCUT2D eigenvalue weighted by molar-refractivity contribution is 0.762. The molecular formula is C19H19N7S2. The van der Waals surface area contributed by atoms with Gasteiger partial charge in [0.1, 0.15) is 0 Å². The maximum absolute atomic E-state index is 4.30. The summed E-state index contributed by atoms with van der Waals surface area (Å²) < 4.78 is 2.62. The average molecular weight is 410 g/mol. The zero-order chi connectivity index (χ0) is 19.5. The average Bonchev–Trinajstić information content (AvgIpc) is 3.35. The minimum absolute atomic E-state index is 0.0256. The molecule has 0 aliphatic carbocycles. The Kier molecular flexibility index (Phi) is 5.36. The van der Waals surface area contributed by atoms with Gasteiger partial charge in [-0.1, -0.05) is 47.4 Å². The van der Waals surface area contributed by atoms with Crippen molar-refractivity contribution in [1.82, 2.24) is 30.4 Å². The fourth-order valence-electron chi connectivity index (χ4n) is 2.66. The van der Waals surface area contributed by atoms with E-state index in [0.717, 1.165) is 26.7 Å². The second kappa shape index (κ2) is 8.07. The van der Waals surface area contributed by atoms with E-state index in [2.05, 4.69) is 63.9 Å². The molecule has 1 N–H and O–H groups in total. The Labute approximate surface area is 171 Å². The van der Waals surface area contributed by atoms with Crippen LogP contribution >= 0.6 is 23.1 Å². The molecule has 2 aromatic carbocycles. The van der Waals surface area contributed by atoms with Crippen LogP contribution in [0, 0.1) is 13.8 Å². The van der Waals surface area contributed by atoms with E-state index in [1.807, 2.05) is 36.4 Å². The lowest BCUT2D eigenvalue weighted by atomic mass is 10.1. The molecule has 2 heterocycles. The van der Waals surface area contributed by atoms with Crippen molar-refractivity contribution in [2.24, 2.45) is 0 Å². The molecule has 1 unspecified atom stereocenters. The lowest BCUT2D eigenvalue weighted by Gasteiger charge is -2.09. The van der Waals surface area contributed by atoms with Crippen LogP contribution in [0.5, 0.6) is 0 Å². The van der Waals surface area contributed by atoms with Crippen LogP contribution in [0.25, 0.3) is 5.69 Å². The Morgan fingerprint density at radius 2 is 1.82 bits per heavy atom. The first-order valence-electron chi connectivity index (χ1n) is 8.78. The van der Waals surface area contributed by atoms with E-state index in [0.29, 0.717) is 0 Å². The van der Waals surface area contributed by atoms with Crippen molar-refractivity contribution in [2.45, 2.75) is 30.4 Å². The number of nitrogens with one attached hydrogen (secondary N) is 1. The summed E-state index contributed by atoms with van der Waals surface area (Å²) >= 11 is 3.11. The van der Waals surface area contributed by atoms with Gasteiger partial charge in [0.25, 0.3) is 0 Å². The van der Waals surface area contributed by atoms with Crippen LogP contribution in [0.15, 0.2) is 52.9 Å². The van der Waals surface area contributed by atoms with Crippen molar-refractivity contribution in [3.05, 3.63) is 65.5 Å². The normalized spacial score (nSPS) is 12.1. The number of benzene rings is 2. The molecule has 0 aliphatic heterocycles. The number of para-hydroxylation sites is 1. The lowest BCUT2D eigenvalue weighted by Crippen LogP contribution is -2.04. The number of nitrogens with zero attached hydrogens (tertiary/aromatic N) is 6. The van der Waals surface area contributed by atoms with Gasteiger partial charge >= 0.3 is 0 Å². The molecule has 28 heavy (non-hydrogen) atoms. The molecule has 0 spiro atoms. The van der Waals surface area contributed by atoms with E-state index in [9.17, 15) is 0 Å². The van der Waals surface area contributed by atoms with Crippen molar-refractivity contribution >= 4 is 33.9 Å². The molecule has 7 nitrogen and oxygen atoms in total. The van der Waals surface area contributed by atoms with E-state index >= 15 is 0 Å². The third-order valence-electron chi connectivity index (χ3n) is 4.30. The third-order valence-corrected chi connectivity index (χ3v) is 6.32. The summed E-state index contributed by atoms with van der Waals surface area (Å²) in [6, 6.07) is 16.1. The molecule has 4 rings (SSSR count). The molecule has 0 radical (unpaired) electrons. The summed E-state index contributed by atoms with van der Waals surface area (Å²) in [6.45, 7) is 6.26. The predicted molar refractivity (Wildman–Crippen MR) is 113 cm³/mol. The molecule has 0 amide bonds. The topological polar surface area (TPSA) is 81.4 Å². The highest BCUT2D eigenvalue weighted by molar-refractivity contribution is 8.01. The largest absolute Gasteiger partial charge is 0.330 e. The molecule has 1 atom stereocenters. The van der Waals surface area contributed by atoms with Crippen LogP contribution in [-0.2, 0) is 0 Å². The summed E-state index contributed by atoms with van der Waals surface area (Å²) in [5, 5.41) is 24.8. The van der Waals surface area contributed by atoms with Gasteiger partial charge in [0.2, 0.25) is 5.13 Å². The second-order valence-electron chi connectivity index (χ2n) is 6.34. The minimum atomic E-state index is 0.0256. The molecule has 4 aromatic rings. The molecule has 0 fully saturated rings.